The minimum atomic E-state index is -2.56. The van der Waals surface area contributed by atoms with Crippen LogP contribution in [0.4, 0.5) is 8.78 Å². The van der Waals surface area contributed by atoms with E-state index in [9.17, 15) is 13.6 Å². The van der Waals surface area contributed by atoms with Gasteiger partial charge < -0.3 is 4.90 Å². The number of halogens is 3. The number of hydrogen-bond donors (Lipinski definition) is 0. The fourth-order valence-electron chi connectivity index (χ4n) is 1.69. The molecule has 1 aromatic carbocycles. The Balaban J connectivity index is 2.92. The topological polar surface area (TPSA) is 20.3 Å². The maximum atomic E-state index is 12.6. The summed E-state index contributed by atoms with van der Waals surface area (Å²) in [6.45, 7) is 4.79. The standard InChI is InChI=1S/C13H16ClF2NO/c1-3-17(4-2)13(18)11(14)9-6-5-7-10(8-9)12(15)16/h5-8,11-12H,3-4H2,1-2H3. The average Bonchev–Trinajstić information content (AvgIpc) is 2.39. The molecule has 100 valence electrons. The SMILES string of the molecule is CCN(CC)C(=O)C(Cl)c1cccc(C(F)F)c1. The van der Waals surface area contributed by atoms with Crippen molar-refractivity contribution in [1.29, 1.82) is 0 Å². The summed E-state index contributed by atoms with van der Waals surface area (Å²) >= 11 is 6.05. The highest BCUT2D eigenvalue weighted by Gasteiger charge is 2.22. The Bertz CT molecular complexity index is 408. The summed E-state index contributed by atoms with van der Waals surface area (Å²) in [4.78, 5) is 13.6. The van der Waals surface area contributed by atoms with Crippen molar-refractivity contribution in [2.75, 3.05) is 13.1 Å². The second-order valence-electron chi connectivity index (χ2n) is 3.84. The molecule has 5 heteroatoms. The summed E-state index contributed by atoms with van der Waals surface area (Å²) in [5, 5.41) is -0.913. The predicted molar refractivity (Wildman–Crippen MR) is 67.9 cm³/mol. The van der Waals surface area contributed by atoms with Crippen molar-refractivity contribution < 1.29 is 13.6 Å². The number of carbonyl (C=O) groups excluding carboxylic acids is 1. The Hall–Kier alpha value is -1.16. The van der Waals surface area contributed by atoms with Crippen molar-refractivity contribution in [3.8, 4) is 0 Å². The fourth-order valence-corrected chi connectivity index (χ4v) is 1.96. The minimum Gasteiger partial charge on any atom is -0.342 e. The smallest absolute Gasteiger partial charge is 0.263 e. The second kappa shape index (κ2) is 6.69. The van der Waals surface area contributed by atoms with E-state index >= 15 is 0 Å². The molecular formula is C13H16ClF2NO. The van der Waals surface area contributed by atoms with Gasteiger partial charge in [-0.25, -0.2) is 8.78 Å². The van der Waals surface area contributed by atoms with Gasteiger partial charge in [-0.05, 0) is 25.5 Å². The molecule has 1 rings (SSSR count). The zero-order valence-corrected chi connectivity index (χ0v) is 11.1. The van der Waals surface area contributed by atoms with Crippen LogP contribution in [0.3, 0.4) is 0 Å². The predicted octanol–water partition coefficient (Wildman–Crippen LogP) is 3.77. The van der Waals surface area contributed by atoms with Crippen molar-refractivity contribution in [2.24, 2.45) is 0 Å². The Morgan fingerprint density at radius 3 is 2.33 bits per heavy atom. The summed E-state index contributed by atoms with van der Waals surface area (Å²) in [6, 6.07) is 5.68. The van der Waals surface area contributed by atoms with Gasteiger partial charge in [-0.1, -0.05) is 18.2 Å². The molecule has 0 N–H and O–H groups in total. The summed E-state index contributed by atoms with van der Waals surface area (Å²) in [7, 11) is 0. The summed E-state index contributed by atoms with van der Waals surface area (Å²) < 4.78 is 25.1. The van der Waals surface area contributed by atoms with Crippen LogP contribution in [0.25, 0.3) is 0 Å². The molecule has 1 amide bonds. The molecule has 0 aliphatic heterocycles. The minimum absolute atomic E-state index is 0.120. The number of benzene rings is 1. The van der Waals surface area contributed by atoms with Crippen LogP contribution in [0, 0.1) is 0 Å². The first-order chi connectivity index (χ1) is 8.51. The van der Waals surface area contributed by atoms with Gasteiger partial charge in [-0.3, -0.25) is 4.79 Å². The highest BCUT2D eigenvalue weighted by Crippen LogP contribution is 2.27. The van der Waals surface area contributed by atoms with Gasteiger partial charge in [-0.15, -0.1) is 11.6 Å². The van der Waals surface area contributed by atoms with E-state index in [0.29, 0.717) is 18.7 Å². The molecule has 0 saturated carbocycles. The van der Waals surface area contributed by atoms with Gasteiger partial charge in [0.2, 0.25) is 5.91 Å². The Kier molecular flexibility index (Phi) is 5.54. The summed E-state index contributed by atoms with van der Waals surface area (Å²) in [5.41, 5.74) is 0.289. The van der Waals surface area contributed by atoms with E-state index in [0.717, 1.165) is 0 Å². The van der Waals surface area contributed by atoms with E-state index in [4.69, 9.17) is 11.6 Å². The van der Waals surface area contributed by atoms with E-state index in [1.165, 1.54) is 18.2 Å². The van der Waals surface area contributed by atoms with E-state index in [-0.39, 0.29) is 11.5 Å². The van der Waals surface area contributed by atoms with Gasteiger partial charge in [0, 0.05) is 18.7 Å². The van der Waals surface area contributed by atoms with Gasteiger partial charge in [-0.2, -0.15) is 0 Å². The molecule has 0 bridgehead atoms. The monoisotopic (exact) mass is 275 g/mol. The van der Waals surface area contributed by atoms with Crippen LogP contribution in [0.15, 0.2) is 24.3 Å². The highest BCUT2D eigenvalue weighted by atomic mass is 35.5. The second-order valence-corrected chi connectivity index (χ2v) is 4.28. The molecule has 0 aliphatic rings. The molecule has 2 nitrogen and oxygen atoms in total. The number of hydrogen-bond acceptors (Lipinski definition) is 1. The lowest BCUT2D eigenvalue weighted by Crippen LogP contribution is -2.33. The quantitative estimate of drug-likeness (QED) is 0.749. The van der Waals surface area contributed by atoms with Crippen LogP contribution in [-0.2, 0) is 4.79 Å². The molecule has 1 atom stereocenters. The third-order valence-corrected chi connectivity index (χ3v) is 3.19. The molecule has 0 saturated heterocycles. The van der Waals surface area contributed by atoms with Crippen molar-refractivity contribution in [3.63, 3.8) is 0 Å². The third-order valence-electron chi connectivity index (χ3n) is 2.75. The highest BCUT2D eigenvalue weighted by molar-refractivity contribution is 6.30. The average molecular weight is 276 g/mol. The van der Waals surface area contributed by atoms with Crippen LogP contribution >= 0.6 is 11.6 Å². The van der Waals surface area contributed by atoms with Crippen molar-refractivity contribution in [3.05, 3.63) is 35.4 Å². The molecular weight excluding hydrogens is 260 g/mol. The largest absolute Gasteiger partial charge is 0.342 e. The lowest BCUT2D eigenvalue weighted by Gasteiger charge is -2.22. The normalized spacial score (nSPS) is 12.6. The van der Waals surface area contributed by atoms with Crippen LogP contribution in [0.2, 0.25) is 0 Å². The zero-order chi connectivity index (χ0) is 13.7. The molecule has 18 heavy (non-hydrogen) atoms. The van der Waals surface area contributed by atoms with Crippen LogP contribution in [0.1, 0.15) is 36.8 Å². The molecule has 1 unspecified atom stereocenters. The van der Waals surface area contributed by atoms with Crippen LogP contribution in [0.5, 0.6) is 0 Å². The lowest BCUT2D eigenvalue weighted by molar-refractivity contribution is -0.130. The first kappa shape index (κ1) is 14.9. The van der Waals surface area contributed by atoms with E-state index in [1.54, 1.807) is 11.0 Å². The van der Waals surface area contributed by atoms with E-state index in [1.807, 2.05) is 13.8 Å². The van der Waals surface area contributed by atoms with Crippen molar-refractivity contribution in [2.45, 2.75) is 25.7 Å². The van der Waals surface area contributed by atoms with Crippen molar-refractivity contribution >= 4 is 17.5 Å². The van der Waals surface area contributed by atoms with Gasteiger partial charge >= 0.3 is 0 Å². The molecule has 0 radical (unpaired) electrons. The molecule has 0 aromatic heterocycles. The third kappa shape index (κ3) is 3.42. The van der Waals surface area contributed by atoms with Gasteiger partial charge in [0.05, 0.1) is 0 Å². The molecule has 0 heterocycles. The maximum absolute atomic E-state index is 12.6. The molecule has 0 fully saturated rings. The molecule has 0 spiro atoms. The number of carbonyl (C=O) groups is 1. The summed E-state index contributed by atoms with van der Waals surface area (Å²) in [6.07, 6.45) is -2.56. The number of alkyl halides is 3. The number of amides is 1. The molecule has 1 aromatic rings. The van der Waals surface area contributed by atoms with Gasteiger partial charge in [0.15, 0.2) is 0 Å². The lowest BCUT2D eigenvalue weighted by atomic mass is 10.1. The van der Waals surface area contributed by atoms with Gasteiger partial charge in [0.25, 0.3) is 6.43 Å². The zero-order valence-electron chi connectivity index (χ0n) is 10.4. The Morgan fingerprint density at radius 2 is 1.83 bits per heavy atom. The first-order valence-electron chi connectivity index (χ1n) is 5.82. The van der Waals surface area contributed by atoms with Crippen molar-refractivity contribution in [1.82, 2.24) is 4.90 Å². The summed E-state index contributed by atoms with van der Waals surface area (Å²) in [5.74, 6) is -0.256. The Morgan fingerprint density at radius 1 is 1.28 bits per heavy atom. The first-order valence-corrected chi connectivity index (χ1v) is 6.25. The van der Waals surface area contributed by atoms with Gasteiger partial charge in [0.1, 0.15) is 5.38 Å². The number of likely N-dealkylation sites (N-methyl/N-ethyl adjacent to an activating group) is 1. The maximum Gasteiger partial charge on any atom is 0.263 e. The van der Waals surface area contributed by atoms with E-state index in [2.05, 4.69) is 0 Å². The van der Waals surface area contributed by atoms with Crippen LogP contribution in [-0.4, -0.2) is 23.9 Å². The molecule has 0 aliphatic carbocycles. The number of rotatable bonds is 5. The Labute approximate surface area is 111 Å². The number of nitrogens with zero attached hydrogens (tertiary/aromatic N) is 1. The van der Waals surface area contributed by atoms with Crippen LogP contribution < -0.4 is 0 Å². The van der Waals surface area contributed by atoms with E-state index < -0.39 is 11.8 Å². The fraction of sp³-hybridized carbons (Fsp3) is 0.462.